The highest BCUT2D eigenvalue weighted by Gasteiger charge is 2.28. The first kappa shape index (κ1) is 21.6. The van der Waals surface area contributed by atoms with Crippen LogP contribution in [0.15, 0.2) is 48.5 Å². The summed E-state index contributed by atoms with van der Waals surface area (Å²) in [5, 5.41) is 0.632. The number of carbonyl (C=O) groups excluding carboxylic acids is 1. The van der Waals surface area contributed by atoms with Crippen molar-refractivity contribution >= 4 is 17.5 Å². The maximum absolute atomic E-state index is 13.5. The lowest BCUT2D eigenvalue weighted by Crippen LogP contribution is -2.36. The SMILES string of the molecule is CCc1c(C(=O)N2CCCCC2)nc(-c2ccccc2Cl)n1-c1ccc(C(C)C)cc1. The quantitative estimate of drug-likeness (QED) is 0.458. The molecule has 0 radical (unpaired) electrons. The smallest absolute Gasteiger partial charge is 0.274 e. The minimum Gasteiger partial charge on any atom is -0.337 e. The summed E-state index contributed by atoms with van der Waals surface area (Å²) in [7, 11) is 0. The minimum absolute atomic E-state index is 0.0300. The van der Waals surface area contributed by atoms with Gasteiger partial charge in [-0.1, -0.05) is 56.6 Å². The molecule has 4 rings (SSSR count). The molecule has 1 aliphatic heterocycles. The van der Waals surface area contributed by atoms with Crippen LogP contribution >= 0.6 is 11.6 Å². The molecule has 0 unspecified atom stereocenters. The van der Waals surface area contributed by atoms with Gasteiger partial charge in [-0.05, 0) is 61.4 Å². The molecular weight excluding hydrogens is 406 g/mol. The van der Waals surface area contributed by atoms with Gasteiger partial charge in [-0.25, -0.2) is 4.98 Å². The van der Waals surface area contributed by atoms with Crippen molar-refractivity contribution in [2.24, 2.45) is 0 Å². The lowest BCUT2D eigenvalue weighted by molar-refractivity contribution is 0.0717. The van der Waals surface area contributed by atoms with Crippen LogP contribution in [-0.2, 0) is 6.42 Å². The molecule has 31 heavy (non-hydrogen) atoms. The predicted molar refractivity (Wildman–Crippen MR) is 127 cm³/mol. The standard InChI is InChI=1S/C26H30ClN3O/c1-4-23-24(26(31)29-16-8-5-9-17-29)28-25(21-10-6-7-11-22(21)27)30(23)20-14-12-19(13-15-20)18(2)3/h6-7,10-15,18H,4-5,8-9,16-17H2,1-3H3. The molecule has 162 valence electrons. The number of benzene rings is 2. The predicted octanol–water partition coefficient (Wildman–Crippen LogP) is 6.50. The monoisotopic (exact) mass is 435 g/mol. The van der Waals surface area contributed by atoms with E-state index in [4.69, 9.17) is 16.6 Å². The van der Waals surface area contributed by atoms with E-state index in [9.17, 15) is 4.79 Å². The Bertz CT molecular complexity index is 1060. The molecule has 0 atom stereocenters. The summed E-state index contributed by atoms with van der Waals surface area (Å²) >= 11 is 6.57. The van der Waals surface area contributed by atoms with Crippen molar-refractivity contribution in [3.05, 3.63) is 70.5 Å². The number of halogens is 1. The van der Waals surface area contributed by atoms with E-state index in [1.807, 2.05) is 29.2 Å². The fourth-order valence-corrected chi connectivity index (χ4v) is 4.53. The van der Waals surface area contributed by atoms with Crippen LogP contribution in [0.4, 0.5) is 0 Å². The Kier molecular flexibility index (Phi) is 6.47. The Morgan fingerprint density at radius 3 is 2.32 bits per heavy atom. The van der Waals surface area contributed by atoms with Gasteiger partial charge in [0.05, 0.1) is 10.7 Å². The molecule has 5 heteroatoms. The van der Waals surface area contributed by atoms with Crippen molar-refractivity contribution in [1.29, 1.82) is 0 Å². The summed E-state index contributed by atoms with van der Waals surface area (Å²) in [5.41, 5.74) is 4.60. The van der Waals surface area contributed by atoms with Crippen molar-refractivity contribution in [2.45, 2.75) is 52.4 Å². The molecule has 2 heterocycles. The van der Waals surface area contributed by atoms with E-state index in [2.05, 4.69) is 49.6 Å². The highest BCUT2D eigenvalue weighted by atomic mass is 35.5. The summed E-state index contributed by atoms with van der Waals surface area (Å²) < 4.78 is 2.11. The number of likely N-dealkylation sites (tertiary alicyclic amines) is 1. The number of piperidine rings is 1. The summed E-state index contributed by atoms with van der Waals surface area (Å²) in [6, 6.07) is 16.3. The van der Waals surface area contributed by atoms with Crippen molar-refractivity contribution in [3.63, 3.8) is 0 Å². The van der Waals surface area contributed by atoms with E-state index in [1.54, 1.807) is 0 Å². The van der Waals surface area contributed by atoms with E-state index < -0.39 is 0 Å². The van der Waals surface area contributed by atoms with Gasteiger partial charge in [-0.3, -0.25) is 9.36 Å². The molecule has 0 N–H and O–H groups in total. The Hall–Kier alpha value is -2.59. The Morgan fingerprint density at radius 1 is 1.03 bits per heavy atom. The average Bonchev–Trinajstić information content (AvgIpc) is 3.18. The van der Waals surface area contributed by atoms with Gasteiger partial charge in [0.25, 0.3) is 5.91 Å². The zero-order valence-electron chi connectivity index (χ0n) is 18.6. The van der Waals surface area contributed by atoms with Crippen LogP contribution in [0.2, 0.25) is 5.02 Å². The molecule has 1 amide bonds. The fraction of sp³-hybridized carbons (Fsp3) is 0.385. The van der Waals surface area contributed by atoms with E-state index in [0.717, 1.165) is 48.7 Å². The molecule has 3 aromatic rings. The second kappa shape index (κ2) is 9.27. The Labute approximate surface area is 189 Å². The molecule has 4 nitrogen and oxygen atoms in total. The van der Waals surface area contributed by atoms with Crippen LogP contribution in [-0.4, -0.2) is 33.4 Å². The summed E-state index contributed by atoms with van der Waals surface area (Å²) in [5.74, 6) is 1.21. The lowest BCUT2D eigenvalue weighted by atomic mass is 10.0. The van der Waals surface area contributed by atoms with Crippen LogP contribution in [0.5, 0.6) is 0 Å². The number of rotatable bonds is 5. The van der Waals surface area contributed by atoms with Crippen molar-refractivity contribution in [3.8, 4) is 17.1 Å². The number of carbonyl (C=O) groups is 1. The Balaban J connectivity index is 1.89. The number of hydrogen-bond donors (Lipinski definition) is 0. The molecule has 1 saturated heterocycles. The molecule has 2 aromatic carbocycles. The third-order valence-corrected chi connectivity index (χ3v) is 6.42. The van der Waals surface area contributed by atoms with Crippen LogP contribution in [0.3, 0.4) is 0 Å². The maximum Gasteiger partial charge on any atom is 0.274 e. The molecule has 0 saturated carbocycles. The van der Waals surface area contributed by atoms with E-state index in [0.29, 0.717) is 23.1 Å². The second-order valence-electron chi connectivity index (χ2n) is 8.50. The molecular formula is C26H30ClN3O. The lowest BCUT2D eigenvalue weighted by Gasteiger charge is -2.26. The summed E-state index contributed by atoms with van der Waals surface area (Å²) in [4.78, 5) is 20.3. The van der Waals surface area contributed by atoms with Crippen molar-refractivity contribution in [1.82, 2.24) is 14.5 Å². The van der Waals surface area contributed by atoms with Crippen LogP contribution in [0.25, 0.3) is 17.1 Å². The van der Waals surface area contributed by atoms with E-state index in [1.165, 1.54) is 12.0 Å². The molecule has 1 fully saturated rings. The molecule has 0 spiro atoms. The van der Waals surface area contributed by atoms with Gasteiger partial charge < -0.3 is 4.90 Å². The van der Waals surface area contributed by atoms with Gasteiger partial charge in [-0.15, -0.1) is 0 Å². The first-order valence-corrected chi connectivity index (χ1v) is 11.6. The van der Waals surface area contributed by atoms with Gasteiger partial charge in [0.1, 0.15) is 5.82 Å². The van der Waals surface area contributed by atoms with Crippen LogP contribution in [0.1, 0.15) is 67.7 Å². The molecule has 0 aliphatic carbocycles. The third-order valence-electron chi connectivity index (χ3n) is 6.09. The molecule has 1 aromatic heterocycles. The third kappa shape index (κ3) is 4.27. The summed E-state index contributed by atoms with van der Waals surface area (Å²) in [6.07, 6.45) is 4.01. The highest BCUT2D eigenvalue weighted by molar-refractivity contribution is 6.33. The van der Waals surface area contributed by atoms with E-state index in [-0.39, 0.29) is 5.91 Å². The highest BCUT2D eigenvalue weighted by Crippen LogP contribution is 2.33. The first-order chi connectivity index (χ1) is 15.0. The maximum atomic E-state index is 13.5. The molecule has 1 aliphatic rings. The van der Waals surface area contributed by atoms with Crippen LogP contribution < -0.4 is 0 Å². The van der Waals surface area contributed by atoms with Crippen molar-refractivity contribution in [2.75, 3.05) is 13.1 Å². The zero-order chi connectivity index (χ0) is 22.0. The van der Waals surface area contributed by atoms with Gasteiger partial charge in [0.2, 0.25) is 0 Å². The van der Waals surface area contributed by atoms with Gasteiger partial charge in [0.15, 0.2) is 5.69 Å². The number of nitrogens with zero attached hydrogens (tertiary/aromatic N) is 3. The Morgan fingerprint density at radius 2 is 1.71 bits per heavy atom. The molecule has 0 bridgehead atoms. The number of aromatic nitrogens is 2. The normalized spacial score (nSPS) is 14.3. The summed E-state index contributed by atoms with van der Waals surface area (Å²) in [6.45, 7) is 8.07. The first-order valence-electron chi connectivity index (χ1n) is 11.3. The topological polar surface area (TPSA) is 38.1 Å². The average molecular weight is 436 g/mol. The van der Waals surface area contributed by atoms with Gasteiger partial charge >= 0.3 is 0 Å². The van der Waals surface area contributed by atoms with Gasteiger partial charge in [0, 0.05) is 24.3 Å². The number of amides is 1. The number of imidazole rings is 1. The van der Waals surface area contributed by atoms with Crippen molar-refractivity contribution < 1.29 is 4.79 Å². The number of hydrogen-bond acceptors (Lipinski definition) is 2. The van der Waals surface area contributed by atoms with Crippen LogP contribution in [0, 0.1) is 0 Å². The van der Waals surface area contributed by atoms with E-state index >= 15 is 0 Å². The largest absolute Gasteiger partial charge is 0.337 e. The minimum atomic E-state index is 0.0300. The fourth-order valence-electron chi connectivity index (χ4n) is 4.31. The van der Waals surface area contributed by atoms with Gasteiger partial charge in [-0.2, -0.15) is 0 Å². The zero-order valence-corrected chi connectivity index (χ0v) is 19.3. The second-order valence-corrected chi connectivity index (χ2v) is 8.91.